The molecule has 0 heterocycles. The van der Waals surface area contributed by atoms with Gasteiger partial charge in [0, 0.05) is 20.2 Å². The maximum atomic E-state index is 3.98. The maximum absolute atomic E-state index is 3.98. The van der Waals surface area contributed by atoms with E-state index in [1.165, 1.54) is 38.5 Å². The van der Waals surface area contributed by atoms with Crippen molar-refractivity contribution in [3.05, 3.63) is 0 Å². The van der Waals surface area contributed by atoms with E-state index in [2.05, 4.69) is 53.4 Å². The van der Waals surface area contributed by atoms with Crippen molar-refractivity contribution in [2.45, 2.75) is 58.7 Å². The molecule has 4 heteroatoms. The van der Waals surface area contributed by atoms with E-state index in [1.54, 1.807) is 0 Å². The van der Waals surface area contributed by atoms with Crippen LogP contribution in [0.4, 0.5) is 0 Å². The summed E-state index contributed by atoms with van der Waals surface area (Å²) in [5, 5.41) is 1.79. The third kappa shape index (κ3) is 2.07. The Kier molecular flexibility index (Phi) is 3.80. The van der Waals surface area contributed by atoms with Gasteiger partial charge in [-0.2, -0.15) is 0 Å². The molecular weight excluding hydrogens is 392 g/mol. The van der Waals surface area contributed by atoms with Crippen molar-refractivity contribution >= 4 is 53.4 Å². The summed E-state index contributed by atoms with van der Waals surface area (Å²) in [6.07, 6.45) is 8.97. The van der Waals surface area contributed by atoms with Gasteiger partial charge in [-0.15, -0.1) is 0 Å². The van der Waals surface area contributed by atoms with Crippen molar-refractivity contribution in [3.63, 3.8) is 0 Å². The Morgan fingerprint density at radius 1 is 0.611 bits per heavy atom. The lowest BCUT2D eigenvalue weighted by atomic mass is 10.0. The van der Waals surface area contributed by atoms with Gasteiger partial charge in [-0.05, 0) is 62.2 Å². The highest BCUT2D eigenvalue weighted by molar-refractivity contribution is 9.10. The second kappa shape index (κ2) is 5.14. The minimum Gasteiger partial charge on any atom is -0.0889 e. The third-order valence-electron chi connectivity index (χ3n) is 5.76. The first-order valence-electron chi connectivity index (χ1n) is 7.34. The summed E-state index contributed by atoms with van der Waals surface area (Å²) in [5.74, 6) is 4.02. The predicted molar refractivity (Wildman–Crippen MR) is 89.9 cm³/mol. The van der Waals surface area contributed by atoms with E-state index in [1.807, 2.05) is 0 Å². The maximum Gasteiger partial charge on any atom is 0.0307 e. The quantitative estimate of drug-likeness (QED) is 0.444. The summed E-state index contributed by atoms with van der Waals surface area (Å²) in [6, 6.07) is 0. The van der Waals surface area contributed by atoms with Crippen molar-refractivity contribution in [3.8, 4) is 0 Å². The van der Waals surface area contributed by atoms with Gasteiger partial charge in [-0.25, -0.2) is 0 Å². The smallest absolute Gasteiger partial charge is 0.0307 e. The second-order valence-corrected chi connectivity index (χ2v) is 11.4. The summed E-state index contributed by atoms with van der Waals surface area (Å²) in [5.41, 5.74) is 0. The number of alkyl halides is 2. The van der Waals surface area contributed by atoms with Crippen molar-refractivity contribution in [2.75, 3.05) is 0 Å². The van der Waals surface area contributed by atoms with Gasteiger partial charge in [0.1, 0.15) is 0 Å². The van der Waals surface area contributed by atoms with Crippen LogP contribution in [0.15, 0.2) is 0 Å². The molecule has 0 nitrogen and oxygen atoms in total. The van der Waals surface area contributed by atoms with E-state index >= 15 is 0 Å². The Labute approximate surface area is 135 Å². The molecule has 0 amide bonds. The van der Waals surface area contributed by atoms with Crippen LogP contribution in [0.25, 0.3) is 0 Å². The average Bonchev–Trinajstić information content (AvgIpc) is 3.08. The largest absolute Gasteiger partial charge is 0.0889 e. The normalized spacial score (nSPS) is 57.7. The van der Waals surface area contributed by atoms with Crippen molar-refractivity contribution < 1.29 is 0 Å². The Bertz CT molecular complexity index is 302. The fourth-order valence-electron chi connectivity index (χ4n) is 4.73. The molecule has 4 aliphatic rings. The lowest BCUT2D eigenvalue weighted by Gasteiger charge is -2.30. The van der Waals surface area contributed by atoms with Crippen LogP contribution in [0.1, 0.15) is 38.5 Å². The fraction of sp³-hybridized carbons (Fsp3) is 1.00. The topological polar surface area (TPSA) is 0 Å². The van der Waals surface area contributed by atoms with E-state index in [0.717, 1.165) is 43.8 Å². The van der Waals surface area contributed by atoms with E-state index in [0.29, 0.717) is 0 Å². The highest BCUT2D eigenvalue weighted by atomic mass is 79.9. The van der Waals surface area contributed by atoms with Gasteiger partial charge in [-0.3, -0.25) is 0 Å². The molecule has 0 aromatic carbocycles. The van der Waals surface area contributed by atoms with Gasteiger partial charge in [0.15, 0.2) is 0 Å². The standard InChI is InChI=1S/C14H20Br2S2/c15-11-7-1-3-9(5-7)13(11)17-18-14-10-4-2-8(6-10)12(14)16/h7-14H,1-6H2/t7?,8?,9?,10?,11-,12+,13?,14?. The second-order valence-electron chi connectivity index (χ2n) is 6.68. The van der Waals surface area contributed by atoms with Gasteiger partial charge in [-0.1, -0.05) is 53.4 Å². The van der Waals surface area contributed by atoms with Crippen molar-refractivity contribution in [1.29, 1.82) is 0 Å². The molecule has 0 aromatic heterocycles. The van der Waals surface area contributed by atoms with E-state index in [4.69, 9.17) is 0 Å². The van der Waals surface area contributed by atoms with Gasteiger partial charge >= 0.3 is 0 Å². The Hall–Kier alpha value is 1.66. The molecule has 4 bridgehead atoms. The fourth-order valence-corrected chi connectivity index (χ4v) is 12.2. The lowest BCUT2D eigenvalue weighted by Crippen LogP contribution is -2.27. The Morgan fingerprint density at radius 2 is 1.00 bits per heavy atom. The molecule has 0 aliphatic heterocycles. The summed E-state index contributed by atoms with van der Waals surface area (Å²) >= 11 is 7.96. The summed E-state index contributed by atoms with van der Waals surface area (Å²) in [4.78, 5) is 1.61. The highest BCUT2D eigenvalue weighted by Crippen LogP contribution is 2.60. The average molecular weight is 412 g/mol. The van der Waals surface area contributed by atoms with Crippen LogP contribution >= 0.6 is 53.4 Å². The number of halogens is 2. The zero-order valence-electron chi connectivity index (χ0n) is 10.4. The van der Waals surface area contributed by atoms with Crippen LogP contribution in [0.3, 0.4) is 0 Å². The molecular formula is C14H20Br2S2. The Balaban J connectivity index is 1.36. The molecule has 0 N–H and O–H groups in total. The van der Waals surface area contributed by atoms with Gasteiger partial charge < -0.3 is 0 Å². The molecule has 0 aromatic rings. The molecule has 6 unspecified atom stereocenters. The van der Waals surface area contributed by atoms with Crippen LogP contribution < -0.4 is 0 Å². The number of hydrogen-bond acceptors (Lipinski definition) is 2. The minimum absolute atomic E-state index is 0.807. The van der Waals surface area contributed by atoms with Crippen LogP contribution in [-0.2, 0) is 0 Å². The summed E-state index contributed by atoms with van der Waals surface area (Å²) < 4.78 is 0. The third-order valence-corrected chi connectivity index (χ3v) is 12.7. The molecule has 4 saturated carbocycles. The molecule has 0 radical (unpaired) electrons. The Morgan fingerprint density at radius 3 is 1.33 bits per heavy atom. The molecule has 0 spiro atoms. The zero-order chi connectivity index (χ0) is 12.3. The molecule has 0 saturated heterocycles. The number of rotatable bonds is 3. The summed E-state index contributed by atoms with van der Waals surface area (Å²) in [6.45, 7) is 0. The van der Waals surface area contributed by atoms with Crippen molar-refractivity contribution in [2.24, 2.45) is 23.7 Å². The van der Waals surface area contributed by atoms with Gasteiger partial charge in [0.05, 0.1) is 0 Å². The monoisotopic (exact) mass is 410 g/mol. The van der Waals surface area contributed by atoms with Crippen LogP contribution in [0.5, 0.6) is 0 Å². The van der Waals surface area contributed by atoms with E-state index < -0.39 is 0 Å². The number of hydrogen-bond donors (Lipinski definition) is 0. The summed E-state index contributed by atoms with van der Waals surface area (Å²) in [7, 11) is 4.47. The SMILES string of the molecule is Br[C@@H]1C2CCC(C2)C1SSC1C2CCC(C2)[C@@H]1Br. The molecule has 4 rings (SSSR count). The van der Waals surface area contributed by atoms with E-state index in [9.17, 15) is 0 Å². The highest BCUT2D eigenvalue weighted by Gasteiger charge is 2.50. The minimum atomic E-state index is 0.807. The molecule has 4 aliphatic carbocycles. The first-order chi connectivity index (χ1) is 8.74. The van der Waals surface area contributed by atoms with Gasteiger partial charge in [0.25, 0.3) is 0 Å². The van der Waals surface area contributed by atoms with Crippen molar-refractivity contribution in [1.82, 2.24) is 0 Å². The lowest BCUT2D eigenvalue weighted by molar-refractivity contribution is 0.507. The van der Waals surface area contributed by atoms with E-state index in [-0.39, 0.29) is 0 Å². The molecule has 102 valence electrons. The van der Waals surface area contributed by atoms with Gasteiger partial charge in [0.2, 0.25) is 0 Å². The first kappa shape index (κ1) is 13.3. The van der Waals surface area contributed by atoms with Crippen LogP contribution in [0.2, 0.25) is 0 Å². The number of fused-ring (bicyclic) bond motifs is 4. The molecule has 18 heavy (non-hydrogen) atoms. The first-order valence-corrected chi connectivity index (χ1v) is 11.4. The predicted octanol–water partition coefficient (Wildman–Crippen LogP) is 5.49. The molecule has 4 fully saturated rings. The van der Waals surface area contributed by atoms with Crippen LogP contribution in [0, 0.1) is 23.7 Å². The molecule has 8 atom stereocenters. The zero-order valence-corrected chi connectivity index (χ0v) is 15.2. The van der Waals surface area contributed by atoms with Crippen LogP contribution in [-0.4, -0.2) is 20.2 Å².